The first-order valence-electron chi connectivity index (χ1n) is 6.33. The molecule has 102 valence electrons. The van der Waals surface area contributed by atoms with E-state index in [1.54, 1.807) is 4.90 Å². The summed E-state index contributed by atoms with van der Waals surface area (Å²) in [7, 11) is 0. The summed E-state index contributed by atoms with van der Waals surface area (Å²) < 4.78 is 0. The molecule has 0 bridgehead atoms. The summed E-state index contributed by atoms with van der Waals surface area (Å²) >= 11 is 0. The third kappa shape index (κ3) is 2.58. The monoisotopic (exact) mass is 262 g/mol. The van der Waals surface area contributed by atoms with Gasteiger partial charge in [0, 0.05) is 17.8 Å². The Bertz CT molecular complexity index is 515. The summed E-state index contributed by atoms with van der Waals surface area (Å²) in [5, 5.41) is 2.35. The highest BCUT2D eigenvalue weighted by Gasteiger charge is 2.34. The van der Waals surface area contributed by atoms with Crippen molar-refractivity contribution in [3.05, 3.63) is 23.4 Å². The topological polar surface area (TPSA) is 88.3 Å². The molecule has 3 N–H and O–H groups in total. The number of amides is 2. The molecule has 2 rings (SSSR count). The number of hydrogen-bond acceptors (Lipinski definition) is 5. The van der Waals surface area contributed by atoms with Crippen molar-refractivity contribution in [2.24, 2.45) is 5.73 Å². The molecule has 6 heteroatoms. The highest BCUT2D eigenvalue weighted by Crippen LogP contribution is 2.23. The summed E-state index contributed by atoms with van der Waals surface area (Å²) in [6.45, 7) is 4.24. The van der Waals surface area contributed by atoms with E-state index in [-0.39, 0.29) is 24.4 Å². The van der Waals surface area contributed by atoms with Crippen molar-refractivity contribution in [2.75, 3.05) is 11.4 Å². The van der Waals surface area contributed by atoms with Crippen LogP contribution in [0.15, 0.2) is 12.1 Å². The van der Waals surface area contributed by atoms with E-state index in [1.807, 2.05) is 26.0 Å². The first kappa shape index (κ1) is 13.5. The number of pyridine rings is 1. The number of aryl methyl sites for hydroxylation is 1. The van der Waals surface area contributed by atoms with Gasteiger partial charge in [-0.1, -0.05) is 13.0 Å². The predicted octanol–water partition coefficient (Wildman–Crippen LogP) is 0.0901. The molecule has 0 radical (unpaired) electrons. The first-order valence-corrected chi connectivity index (χ1v) is 6.33. The van der Waals surface area contributed by atoms with Crippen LogP contribution in [0.2, 0.25) is 0 Å². The van der Waals surface area contributed by atoms with Crippen molar-refractivity contribution >= 4 is 17.6 Å². The zero-order chi connectivity index (χ0) is 14.0. The van der Waals surface area contributed by atoms with E-state index in [9.17, 15) is 9.59 Å². The van der Waals surface area contributed by atoms with Gasteiger partial charge in [-0.15, -0.1) is 0 Å². The Balaban J connectivity index is 2.45. The smallest absolute Gasteiger partial charge is 0.249 e. The van der Waals surface area contributed by atoms with Crippen LogP contribution >= 0.6 is 0 Å². The third-order valence-corrected chi connectivity index (χ3v) is 3.23. The number of piperazine rings is 1. The van der Waals surface area contributed by atoms with Crippen molar-refractivity contribution in [1.82, 2.24) is 10.3 Å². The van der Waals surface area contributed by atoms with Crippen molar-refractivity contribution in [3.8, 4) is 0 Å². The zero-order valence-electron chi connectivity index (χ0n) is 11.1. The molecule has 6 nitrogen and oxygen atoms in total. The Kier molecular flexibility index (Phi) is 3.80. The molecular weight excluding hydrogens is 244 g/mol. The number of nitrogens with zero attached hydrogens (tertiary/aromatic N) is 2. The van der Waals surface area contributed by atoms with Crippen molar-refractivity contribution in [2.45, 2.75) is 32.9 Å². The fourth-order valence-corrected chi connectivity index (χ4v) is 2.27. The Morgan fingerprint density at radius 1 is 1.47 bits per heavy atom. The lowest BCUT2D eigenvalue weighted by Crippen LogP contribution is -2.58. The van der Waals surface area contributed by atoms with Gasteiger partial charge in [0.1, 0.15) is 11.9 Å². The molecule has 1 fully saturated rings. The third-order valence-electron chi connectivity index (χ3n) is 3.23. The zero-order valence-corrected chi connectivity index (χ0v) is 11.1. The second-order valence-corrected chi connectivity index (χ2v) is 4.60. The highest BCUT2D eigenvalue weighted by atomic mass is 16.2. The van der Waals surface area contributed by atoms with Gasteiger partial charge in [-0.3, -0.25) is 14.9 Å². The van der Waals surface area contributed by atoms with Crippen LogP contribution in [-0.2, 0) is 16.1 Å². The molecular formula is C13H18N4O2. The summed E-state index contributed by atoms with van der Waals surface area (Å²) in [6.07, 6.45) is 0.610. The van der Waals surface area contributed by atoms with E-state index in [4.69, 9.17) is 5.73 Å². The number of hydrogen-bond donors (Lipinski definition) is 2. The second kappa shape index (κ2) is 5.36. The number of carbonyl (C=O) groups is 2. The number of nitrogens with one attached hydrogen (secondary N) is 1. The molecule has 1 saturated heterocycles. The lowest BCUT2D eigenvalue weighted by molar-refractivity contribution is -0.132. The average Bonchev–Trinajstić information content (AvgIpc) is 2.37. The molecule has 1 unspecified atom stereocenters. The minimum absolute atomic E-state index is 0.133. The number of anilines is 1. The summed E-state index contributed by atoms with van der Waals surface area (Å²) in [4.78, 5) is 29.6. The molecule has 0 aromatic carbocycles. The SMILES string of the molecule is CCC1C(=O)NC(=O)CN1c1nc(C)ccc1CN. The Morgan fingerprint density at radius 2 is 2.21 bits per heavy atom. The maximum atomic E-state index is 11.9. The van der Waals surface area contributed by atoms with E-state index >= 15 is 0 Å². The summed E-state index contributed by atoms with van der Waals surface area (Å²) in [5.41, 5.74) is 7.38. The molecule has 0 saturated carbocycles. The molecule has 2 heterocycles. The molecule has 19 heavy (non-hydrogen) atoms. The Morgan fingerprint density at radius 3 is 2.84 bits per heavy atom. The number of aromatic nitrogens is 1. The van der Waals surface area contributed by atoms with Crippen LogP contribution in [0.3, 0.4) is 0 Å². The van der Waals surface area contributed by atoms with Gasteiger partial charge in [0.2, 0.25) is 11.8 Å². The number of carbonyl (C=O) groups excluding carboxylic acids is 2. The predicted molar refractivity (Wildman–Crippen MR) is 71.4 cm³/mol. The molecule has 1 aliphatic rings. The van der Waals surface area contributed by atoms with Gasteiger partial charge < -0.3 is 10.6 Å². The molecule has 1 atom stereocenters. The van der Waals surface area contributed by atoms with Gasteiger partial charge in [-0.05, 0) is 19.4 Å². The van der Waals surface area contributed by atoms with Crippen LogP contribution < -0.4 is 16.0 Å². The van der Waals surface area contributed by atoms with Crippen molar-refractivity contribution < 1.29 is 9.59 Å². The number of imide groups is 1. The maximum absolute atomic E-state index is 11.9. The fourth-order valence-electron chi connectivity index (χ4n) is 2.27. The van der Waals surface area contributed by atoms with Gasteiger partial charge in [-0.2, -0.15) is 0 Å². The van der Waals surface area contributed by atoms with Gasteiger partial charge in [-0.25, -0.2) is 4.98 Å². The van der Waals surface area contributed by atoms with Crippen molar-refractivity contribution in [1.29, 1.82) is 0 Å². The van der Waals surface area contributed by atoms with Crippen molar-refractivity contribution in [3.63, 3.8) is 0 Å². The second-order valence-electron chi connectivity index (χ2n) is 4.60. The average molecular weight is 262 g/mol. The fraction of sp³-hybridized carbons (Fsp3) is 0.462. The molecule has 1 aromatic heterocycles. The number of rotatable bonds is 3. The van der Waals surface area contributed by atoms with Crippen LogP contribution in [0.5, 0.6) is 0 Å². The van der Waals surface area contributed by atoms with E-state index in [2.05, 4.69) is 10.3 Å². The molecule has 2 amide bonds. The quantitative estimate of drug-likeness (QED) is 0.754. The van der Waals surface area contributed by atoms with Crippen LogP contribution in [0, 0.1) is 6.92 Å². The number of nitrogens with two attached hydrogens (primary N) is 1. The van der Waals surface area contributed by atoms with Crippen LogP contribution in [-0.4, -0.2) is 29.4 Å². The molecule has 0 spiro atoms. The summed E-state index contributed by atoms with van der Waals surface area (Å²) in [6, 6.07) is 3.39. The first-order chi connectivity index (χ1) is 9.06. The molecule has 1 aliphatic heterocycles. The minimum atomic E-state index is -0.378. The maximum Gasteiger partial charge on any atom is 0.249 e. The Hall–Kier alpha value is -1.95. The Labute approximate surface area is 112 Å². The van der Waals surface area contributed by atoms with Gasteiger partial charge in [0.15, 0.2) is 0 Å². The minimum Gasteiger partial charge on any atom is -0.335 e. The van der Waals surface area contributed by atoms with Crippen LogP contribution in [0.4, 0.5) is 5.82 Å². The van der Waals surface area contributed by atoms with Gasteiger partial charge >= 0.3 is 0 Å². The van der Waals surface area contributed by atoms with E-state index in [0.717, 1.165) is 11.3 Å². The lowest BCUT2D eigenvalue weighted by atomic mass is 10.1. The van der Waals surface area contributed by atoms with Gasteiger partial charge in [0.05, 0.1) is 6.54 Å². The largest absolute Gasteiger partial charge is 0.335 e. The lowest BCUT2D eigenvalue weighted by Gasteiger charge is -2.35. The molecule has 1 aromatic rings. The normalized spacial score (nSPS) is 19.5. The van der Waals surface area contributed by atoms with Crippen LogP contribution in [0.1, 0.15) is 24.6 Å². The van der Waals surface area contributed by atoms with Crippen LogP contribution in [0.25, 0.3) is 0 Å². The standard InChI is InChI=1S/C13H18N4O2/c1-3-10-13(19)16-11(18)7-17(10)12-9(6-14)5-4-8(2)15-12/h4-5,10H,3,6-7,14H2,1-2H3,(H,16,18,19). The van der Waals surface area contributed by atoms with Gasteiger partial charge in [0.25, 0.3) is 0 Å². The summed E-state index contributed by atoms with van der Waals surface area (Å²) in [5.74, 6) is 0.0588. The van der Waals surface area contributed by atoms with E-state index in [1.165, 1.54) is 0 Å². The molecule has 0 aliphatic carbocycles. The highest BCUT2D eigenvalue weighted by molar-refractivity contribution is 6.04. The van der Waals surface area contributed by atoms with E-state index < -0.39 is 0 Å². The van der Waals surface area contributed by atoms with E-state index in [0.29, 0.717) is 18.8 Å².